The second-order valence-electron chi connectivity index (χ2n) is 4.34. The summed E-state index contributed by atoms with van der Waals surface area (Å²) in [6.45, 7) is 2.24. The van der Waals surface area contributed by atoms with Crippen LogP contribution in [0.25, 0.3) is 0 Å². The molecule has 0 heterocycles. The summed E-state index contributed by atoms with van der Waals surface area (Å²) in [5, 5.41) is 2.72. The molecule has 0 spiro atoms. The Bertz CT molecular complexity index is 415. The van der Waals surface area contributed by atoms with Crippen molar-refractivity contribution in [3.05, 3.63) is 35.4 Å². The number of primary amides is 1. The van der Waals surface area contributed by atoms with Crippen LogP contribution in [0, 0.1) is 0 Å². The smallest absolute Gasteiger partial charge is 0.224 e. The maximum atomic E-state index is 11.7. The molecular weight excluding hydrogens is 230 g/mol. The molecule has 0 radical (unpaired) electrons. The van der Waals surface area contributed by atoms with E-state index < -0.39 is 5.91 Å². The van der Waals surface area contributed by atoms with Gasteiger partial charge in [0.25, 0.3) is 0 Å². The summed E-state index contributed by atoms with van der Waals surface area (Å²) in [4.78, 5) is 22.4. The van der Waals surface area contributed by atoms with Crippen molar-refractivity contribution in [2.75, 3.05) is 0 Å². The van der Waals surface area contributed by atoms with Gasteiger partial charge in [0.2, 0.25) is 11.8 Å². The van der Waals surface area contributed by atoms with E-state index in [0.717, 1.165) is 11.1 Å². The zero-order chi connectivity index (χ0) is 13.5. The molecular formula is C13H19N3O2. The van der Waals surface area contributed by atoms with Crippen molar-refractivity contribution < 1.29 is 9.59 Å². The topological polar surface area (TPSA) is 98.2 Å². The van der Waals surface area contributed by atoms with Gasteiger partial charge in [0.15, 0.2) is 0 Å². The van der Waals surface area contributed by atoms with Crippen LogP contribution in [0.4, 0.5) is 0 Å². The molecule has 98 valence electrons. The second-order valence-corrected chi connectivity index (χ2v) is 4.34. The molecule has 1 aromatic carbocycles. The lowest BCUT2D eigenvalue weighted by atomic mass is 10.1. The number of hydrogen-bond acceptors (Lipinski definition) is 3. The fourth-order valence-electron chi connectivity index (χ4n) is 1.66. The number of carbonyl (C=O) groups is 2. The van der Waals surface area contributed by atoms with Crippen molar-refractivity contribution in [2.45, 2.75) is 32.4 Å². The van der Waals surface area contributed by atoms with E-state index >= 15 is 0 Å². The van der Waals surface area contributed by atoms with E-state index in [1.165, 1.54) is 0 Å². The van der Waals surface area contributed by atoms with Gasteiger partial charge in [-0.25, -0.2) is 0 Å². The Morgan fingerprint density at radius 2 is 1.78 bits per heavy atom. The maximum Gasteiger partial charge on any atom is 0.224 e. The van der Waals surface area contributed by atoms with E-state index in [1.807, 2.05) is 24.3 Å². The summed E-state index contributed by atoms with van der Waals surface area (Å²) in [6.07, 6.45) is 0.436. The minimum absolute atomic E-state index is 0.121. The Hall–Kier alpha value is -1.88. The van der Waals surface area contributed by atoms with Crippen LogP contribution < -0.4 is 16.8 Å². The molecule has 1 aromatic rings. The number of carbonyl (C=O) groups excluding carboxylic acids is 2. The highest BCUT2D eigenvalue weighted by atomic mass is 16.2. The monoisotopic (exact) mass is 249 g/mol. The number of nitrogens with one attached hydrogen (secondary N) is 1. The van der Waals surface area contributed by atoms with Crippen molar-refractivity contribution in [2.24, 2.45) is 11.5 Å². The van der Waals surface area contributed by atoms with Crippen LogP contribution in [0.15, 0.2) is 24.3 Å². The summed E-state index contributed by atoms with van der Waals surface area (Å²) in [5.41, 5.74) is 12.5. The summed E-state index contributed by atoms with van der Waals surface area (Å²) >= 11 is 0. The predicted molar refractivity (Wildman–Crippen MR) is 69.5 cm³/mol. The molecule has 0 fully saturated rings. The molecule has 1 unspecified atom stereocenters. The number of nitrogens with two attached hydrogens (primary N) is 2. The average molecular weight is 249 g/mol. The molecule has 0 aromatic heterocycles. The first-order chi connectivity index (χ1) is 8.51. The van der Waals surface area contributed by atoms with E-state index in [2.05, 4.69) is 5.32 Å². The standard InChI is InChI=1S/C13H19N3O2/c1-9(6-12(15)17)16-13(18)7-10-2-4-11(8-14)5-3-10/h2-5,9H,6-8,14H2,1H3,(H2,15,17)(H,16,18). The van der Waals surface area contributed by atoms with Crippen molar-refractivity contribution >= 4 is 11.8 Å². The highest BCUT2D eigenvalue weighted by Crippen LogP contribution is 2.04. The van der Waals surface area contributed by atoms with Gasteiger partial charge in [0.05, 0.1) is 6.42 Å². The Balaban J connectivity index is 2.46. The highest BCUT2D eigenvalue weighted by Gasteiger charge is 2.10. The van der Waals surface area contributed by atoms with Crippen LogP contribution >= 0.6 is 0 Å². The van der Waals surface area contributed by atoms with Gasteiger partial charge < -0.3 is 16.8 Å². The van der Waals surface area contributed by atoms with E-state index in [-0.39, 0.29) is 24.8 Å². The largest absolute Gasteiger partial charge is 0.370 e. The summed E-state index contributed by atoms with van der Waals surface area (Å²) in [6, 6.07) is 7.31. The van der Waals surface area contributed by atoms with Crippen LogP contribution in [0.5, 0.6) is 0 Å². The van der Waals surface area contributed by atoms with Crippen molar-refractivity contribution in [1.82, 2.24) is 5.32 Å². The number of amides is 2. The average Bonchev–Trinajstić information content (AvgIpc) is 2.28. The van der Waals surface area contributed by atoms with E-state index in [9.17, 15) is 9.59 Å². The van der Waals surface area contributed by atoms with Crippen LogP contribution in [0.3, 0.4) is 0 Å². The van der Waals surface area contributed by atoms with Crippen molar-refractivity contribution in [3.8, 4) is 0 Å². The number of benzene rings is 1. The molecule has 0 aliphatic rings. The number of hydrogen-bond donors (Lipinski definition) is 3. The fourth-order valence-corrected chi connectivity index (χ4v) is 1.66. The van der Waals surface area contributed by atoms with E-state index in [4.69, 9.17) is 11.5 Å². The van der Waals surface area contributed by atoms with Gasteiger partial charge in [-0.2, -0.15) is 0 Å². The number of rotatable bonds is 6. The zero-order valence-corrected chi connectivity index (χ0v) is 10.5. The van der Waals surface area contributed by atoms with Crippen molar-refractivity contribution in [1.29, 1.82) is 0 Å². The Morgan fingerprint density at radius 1 is 1.22 bits per heavy atom. The maximum absolute atomic E-state index is 11.7. The van der Waals surface area contributed by atoms with E-state index in [1.54, 1.807) is 6.92 Å². The molecule has 0 aliphatic heterocycles. The lowest BCUT2D eigenvalue weighted by Crippen LogP contribution is -2.36. The van der Waals surface area contributed by atoms with Gasteiger partial charge in [0.1, 0.15) is 0 Å². The third-order valence-electron chi connectivity index (χ3n) is 2.54. The third kappa shape index (κ3) is 4.97. The summed E-state index contributed by atoms with van der Waals surface area (Å²) in [5.74, 6) is -0.542. The predicted octanol–water partition coefficient (Wildman–Crippen LogP) is 0.0679. The molecule has 5 heteroatoms. The van der Waals surface area contributed by atoms with Crippen molar-refractivity contribution in [3.63, 3.8) is 0 Å². The molecule has 0 aliphatic carbocycles. The molecule has 0 bridgehead atoms. The fraction of sp³-hybridized carbons (Fsp3) is 0.385. The van der Waals surface area contributed by atoms with Gasteiger partial charge >= 0.3 is 0 Å². The first-order valence-corrected chi connectivity index (χ1v) is 5.87. The van der Waals surface area contributed by atoms with Gasteiger partial charge in [0, 0.05) is 19.0 Å². The lowest BCUT2D eigenvalue weighted by molar-refractivity contribution is -0.121. The second kappa shape index (κ2) is 6.76. The SMILES string of the molecule is CC(CC(N)=O)NC(=O)Cc1ccc(CN)cc1. The van der Waals surface area contributed by atoms with Crippen LogP contribution in [0.2, 0.25) is 0 Å². The van der Waals surface area contributed by atoms with Crippen LogP contribution in [0.1, 0.15) is 24.5 Å². The zero-order valence-electron chi connectivity index (χ0n) is 10.5. The minimum atomic E-state index is -0.421. The molecule has 0 saturated carbocycles. The first kappa shape index (κ1) is 14.2. The summed E-state index contributed by atoms with van der Waals surface area (Å²) < 4.78 is 0. The van der Waals surface area contributed by atoms with Gasteiger partial charge in [-0.1, -0.05) is 24.3 Å². The molecule has 5 N–H and O–H groups in total. The molecule has 1 atom stereocenters. The molecule has 2 amide bonds. The van der Waals surface area contributed by atoms with Gasteiger partial charge in [-0.3, -0.25) is 9.59 Å². The molecule has 18 heavy (non-hydrogen) atoms. The summed E-state index contributed by atoms with van der Waals surface area (Å²) in [7, 11) is 0. The van der Waals surface area contributed by atoms with Crippen LogP contribution in [-0.2, 0) is 22.6 Å². The Kier molecular flexibility index (Phi) is 5.32. The normalized spacial score (nSPS) is 11.9. The van der Waals surface area contributed by atoms with Crippen LogP contribution in [-0.4, -0.2) is 17.9 Å². The third-order valence-corrected chi connectivity index (χ3v) is 2.54. The van der Waals surface area contributed by atoms with Gasteiger partial charge in [-0.05, 0) is 18.1 Å². The minimum Gasteiger partial charge on any atom is -0.370 e. The van der Waals surface area contributed by atoms with Gasteiger partial charge in [-0.15, -0.1) is 0 Å². The quantitative estimate of drug-likeness (QED) is 0.665. The molecule has 1 rings (SSSR count). The Morgan fingerprint density at radius 3 is 2.28 bits per heavy atom. The lowest BCUT2D eigenvalue weighted by Gasteiger charge is -2.12. The molecule has 0 saturated heterocycles. The highest BCUT2D eigenvalue weighted by molar-refractivity contribution is 5.80. The van der Waals surface area contributed by atoms with E-state index in [0.29, 0.717) is 6.54 Å². The molecule has 5 nitrogen and oxygen atoms in total. The first-order valence-electron chi connectivity index (χ1n) is 5.87. The Labute approximate surface area is 107 Å².